The van der Waals surface area contributed by atoms with Crippen LogP contribution in [-0.4, -0.2) is 99.1 Å². The number of hydrogen-bond donors (Lipinski definition) is 2. The molecule has 1 aromatic rings. The van der Waals surface area contributed by atoms with Crippen molar-refractivity contribution in [2.45, 2.75) is 85.1 Å². The largest absolute Gasteiger partial charge is 0.463 e. The Balaban J connectivity index is 3.06. The van der Waals surface area contributed by atoms with Gasteiger partial charge in [-0.25, -0.2) is 4.79 Å². The van der Waals surface area contributed by atoms with Crippen LogP contribution in [0.2, 0.25) is 18.1 Å². The van der Waals surface area contributed by atoms with E-state index in [-0.39, 0.29) is 56.5 Å². The van der Waals surface area contributed by atoms with E-state index in [4.69, 9.17) is 32.8 Å². The molecule has 0 saturated carbocycles. The lowest BCUT2D eigenvalue weighted by molar-refractivity contribution is -0.300. The number of nitrogens with zero attached hydrogens (tertiary/aromatic N) is 2. The third-order valence-electron chi connectivity index (χ3n) is 6.13. The van der Waals surface area contributed by atoms with Crippen LogP contribution in [0.4, 0.5) is 5.82 Å². The van der Waals surface area contributed by atoms with Gasteiger partial charge in [0.1, 0.15) is 31.9 Å². The van der Waals surface area contributed by atoms with Gasteiger partial charge in [-0.1, -0.05) is 20.8 Å². The van der Waals surface area contributed by atoms with Gasteiger partial charge in [-0.05, 0) is 24.2 Å². The van der Waals surface area contributed by atoms with Gasteiger partial charge in [0.15, 0.2) is 8.32 Å². The standard InChI is InChI=1S/C26H45N3O12Si/c1-18(31)27-23-9-10-29(24(34)28-23)17-40-21(15-30)22(41-42(7,8)26(4,5)6)16-39-25(37-13-11-35-19(2)32)38-14-12-36-20(3)33/h9-10,21-22,25,30H,11-17H2,1-8H3,(H,27,28,31,34)/t21-,22-/m1/s1. The van der Waals surface area contributed by atoms with Crippen LogP contribution in [0.25, 0.3) is 0 Å². The number of aliphatic hydroxyl groups is 1. The predicted molar refractivity (Wildman–Crippen MR) is 152 cm³/mol. The molecular formula is C26H45N3O12Si. The molecule has 2 N–H and O–H groups in total. The molecule has 2 atom stereocenters. The summed E-state index contributed by atoms with van der Waals surface area (Å²) in [5.41, 5.74) is -0.668. The van der Waals surface area contributed by atoms with Gasteiger partial charge in [0.25, 0.3) is 6.48 Å². The second kappa shape index (κ2) is 18.0. The van der Waals surface area contributed by atoms with Gasteiger partial charge >= 0.3 is 17.6 Å². The first-order valence-corrected chi connectivity index (χ1v) is 16.3. The lowest BCUT2D eigenvalue weighted by Gasteiger charge is -2.41. The van der Waals surface area contributed by atoms with Crippen molar-refractivity contribution in [3.05, 3.63) is 22.7 Å². The van der Waals surface area contributed by atoms with Crippen molar-refractivity contribution in [3.8, 4) is 0 Å². The van der Waals surface area contributed by atoms with Crippen LogP contribution < -0.4 is 11.0 Å². The molecule has 16 heteroatoms. The van der Waals surface area contributed by atoms with Crippen LogP contribution >= 0.6 is 0 Å². The van der Waals surface area contributed by atoms with Gasteiger partial charge in [-0.3, -0.25) is 19.0 Å². The summed E-state index contributed by atoms with van der Waals surface area (Å²) in [6.07, 6.45) is -0.363. The number of amides is 1. The molecule has 15 nitrogen and oxygen atoms in total. The number of esters is 2. The molecule has 1 amide bonds. The lowest BCUT2D eigenvalue weighted by Crippen LogP contribution is -2.51. The zero-order valence-electron chi connectivity index (χ0n) is 25.7. The fourth-order valence-corrected chi connectivity index (χ4v) is 4.31. The minimum absolute atomic E-state index is 0.0434. The van der Waals surface area contributed by atoms with Gasteiger partial charge in [0, 0.05) is 27.0 Å². The van der Waals surface area contributed by atoms with E-state index in [1.165, 1.54) is 33.0 Å². The number of carbonyl (C=O) groups is 3. The number of anilines is 1. The summed E-state index contributed by atoms with van der Waals surface area (Å²) in [7, 11) is -2.44. The van der Waals surface area contributed by atoms with Crippen LogP contribution in [0.1, 0.15) is 41.5 Å². The molecular weight excluding hydrogens is 574 g/mol. The molecule has 0 aliphatic carbocycles. The number of carbonyl (C=O) groups excluding carboxylic acids is 3. The van der Waals surface area contributed by atoms with E-state index < -0.39 is 51.2 Å². The van der Waals surface area contributed by atoms with Crippen molar-refractivity contribution in [2.75, 3.05) is 45.0 Å². The molecule has 1 heterocycles. The first kappa shape index (κ1) is 37.3. The number of aromatic nitrogens is 2. The average molecular weight is 620 g/mol. The van der Waals surface area contributed by atoms with E-state index in [1.54, 1.807) is 0 Å². The summed E-state index contributed by atoms with van der Waals surface area (Å²) in [5.74, 6) is -1.22. The molecule has 1 aromatic heterocycles. The predicted octanol–water partition coefficient (Wildman–Crippen LogP) is 1.39. The summed E-state index contributed by atoms with van der Waals surface area (Å²) < 4.78 is 40.3. The molecule has 240 valence electrons. The number of rotatable bonds is 19. The quantitative estimate of drug-likeness (QED) is 0.0981. The molecule has 0 aliphatic rings. The highest BCUT2D eigenvalue weighted by Crippen LogP contribution is 2.38. The normalized spacial score (nSPS) is 13.5. The topological polar surface area (TPSA) is 183 Å². The summed E-state index contributed by atoms with van der Waals surface area (Å²) in [4.78, 5) is 49.6. The van der Waals surface area contributed by atoms with Crippen LogP contribution in [0.3, 0.4) is 0 Å². The smallest absolute Gasteiger partial charge is 0.351 e. The third kappa shape index (κ3) is 14.4. The minimum atomic E-state index is -2.44. The molecule has 0 bridgehead atoms. The minimum Gasteiger partial charge on any atom is -0.463 e. The van der Waals surface area contributed by atoms with Crippen molar-refractivity contribution in [3.63, 3.8) is 0 Å². The fraction of sp³-hybridized carbons (Fsp3) is 0.731. The van der Waals surface area contributed by atoms with Gasteiger partial charge in [-0.15, -0.1) is 0 Å². The molecule has 1 rings (SSSR count). The molecule has 0 aliphatic heterocycles. The first-order chi connectivity index (χ1) is 19.6. The van der Waals surface area contributed by atoms with Gasteiger partial charge in [0.2, 0.25) is 5.91 Å². The van der Waals surface area contributed by atoms with Crippen molar-refractivity contribution in [2.24, 2.45) is 0 Å². The third-order valence-corrected chi connectivity index (χ3v) is 10.6. The van der Waals surface area contributed by atoms with E-state index in [2.05, 4.69) is 10.3 Å². The van der Waals surface area contributed by atoms with Crippen LogP contribution in [-0.2, 0) is 54.0 Å². The number of hydrogen-bond acceptors (Lipinski definition) is 13. The Morgan fingerprint density at radius 1 is 0.952 bits per heavy atom. The Morgan fingerprint density at radius 3 is 1.98 bits per heavy atom. The molecule has 0 radical (unpaired) electrons. The van der Waals surface area contributed by atoms with Crippen molar-refractivity contribution in [1.29, 1.82) is 0 Å². The zero-order valence-corrected chi connectivity index (χ0v) is 26.7. The van der Waals surface area contributed by atoms with Gasteiger partial charge < -0.3 is 43.3 Å². The Labute approximate surface area is 246 Å². The van der Waals surface area contributed by atoms with E-state index in [9.17, 15) is 24.3 Å². The maximum atomic E-state index is 12.4. The summed E-state index contributed by atoms with van der Waals surface area (Å²) in [6.45, 7) is 11.7. The molecule has 42 heavy (non-hydrogen) atoms. The Kier molecular flexibility index (Phi) is 16.0. The van der Waals surface area contributed by atoms with Crippen molar-refractivity contribution in [1.82, 2.24) is 9.55 Å². The fourth-order valence-electron chi connectivity index (χ4n) is 2.98. The lowest BCUT2D eigenvalue weighted by atomic mass is 10.2. The maximum Gasteiger partial charge on any atom is 0.351 e. The molecule has 0 fully saturated rings. The van der Waals surface area contributed by atoms with E-state index in [0.29, 0.717) is 0 Å². The molecule has 0 aromatic carbocycles. The summed E-state index contributed by atoms with van der Waals surface area (Å²) in [5, 5.41) is 12.5. The van der Waals surface area contributed by atoms with E-state index >= 15 is 0 Å². The highest BCUT2D eigenvalue weighted by Gasteiger charge is 2.41. The summed E-state index contributed by atoms with van der Waals surface area (Å²) >= 11 is 0. The van der Waals surface area contributed by atoms with Crippen LogP contribution in [0, 0.1) is 0 Å². The first-order valence-electron chi connectivity index (χ1n) is 13.4. The maximum absolute atomic E-state index is 12.4. The molecule has 0 unspecified atom stereocenters. The van der Waals surface area contributed by atoms with E-state index in [1.807, 2.05) is 33.9 Å². The summed E-state index contributed by atoms with van der Waals surface area (Å²) in [6, 6.07) is 1.44. The highest BCUT2D eigenvalue weighted by molar-refractivity contribution is 6.74. The number of nitrogens with one attached hydrogen (secondary N) is 1. The van der Waals surface area contributed by atoms with Crippen molar-refractivity contribution >= 4 is 32.0 Å². The Morgan fingerprint density at radius 2 is 1.52 bits per heavy atom. The monoisotopic (exact) mass is 619 g/mol. The van der Waals surface area contributed by atoms with Gasteiger partial charge in [0.05, 0.1) is 32.5 Å². The van der Waals surface area contributed by atoms with E-state index in [0.717, 1.165) is 4.57 Å². The van der Waals surface area contributed by atoms with Gasteiger partial charge in [-0.2, -0.15) is 4.98 Å². The second-order valence-corrected chi connectivity index (χ2v) is 15.5. The molecule has 0 saturated heterocycles. The number of aliphatic hydroxyl groups excluding tert-OH is 1. The van der Waals surface area contributed by atoms with Crippen molar-refractivity contribution < 1.29 is 52.3 Å². The average Bonchev–Trinajstić information content (AvgIpc) is 2.86. The Bertz CT molecular complexity index is 1040. The Hall–Kier alpha value is -2.73. The number of ether oxygens (including phenoxy) is 6. The molecule has 0 spiro atoms. The van der Waals surface area contributed by atoms with Crippen LogP contribution in [0.5, 0.6) is 0 Å². The van der Waals surface area contributed by atoms with Crippen LogP contribution in [0.15, 0.2) is 17.1 Å². The SMILES string of the molecule is CC(=O)Nc1ccn(CO[C@H](CO)[C@@H](COC(OCCOC(C)=O)OCCOC(C)=O)O[Si](C)(C)C(C)(C)C)c(=O)n1. The highest BCUT2D eigenvalue weighted by atomic mass is 28.4. The second-order valence-electron chi connectivity index (χ2n) is 10.7. The zero-order chi connectivity index (χ0) is 31.9.